The summed E-state index contributed by atoms with van der Waals surface area (Å²) in [6.45, 7) is 6.49. The summed E-state index contributed by atoms with van der Waals surface area (Å²) in [5.74, 6) is -0.346. The van der Waals surface area contributed by atoms with Crippen molar-refractivity contribution in [2.24, 2.45) is 0 Å². The molecule has 0 amide bonds. The second-order valence-corrected chi connectivity index (χ2v) is 1.27. The minimum absolute atomic E-state index is 0.204. The van der Waals surface area contributed by atoms with Crippen LogP contribution in [0.15, 0.2) is 31.2 Å². The van der Waals surface area contributed by atoms with Crippen molar-refractivity contribution in [1.29, 1.82) is 0 Å². The Bertz CT molecular complexity index is 152. The summed E-state index contributed by atoms with van der Waals surface area (Å²) in [5, 5.41) is 0. The molecule has 0 aliphatic carbocycles. The summed E-state index contributed by atoms with van der Waals surface area (Å²) < 4.78 is 4.37. The largest absolute Gasteiger partial charge is 0.435 e. The van der Waals surface area contributed by atoms with Crippen molar-refractivity contribution in [3.63, 3.8) is 0 Å². The van der Waals surface area contributed by atoms with Gasteiger partial charge in [-0.05, 0) is 6.08 Å². The maximum atomic E-state index is 10.4. The molecule has 48 valence electrons. The first-order valence-electron chi connectivity index (χ1n) is 2.46. The van der Waals surface area contributed by atoms with Gasteiger partial charge in [-0.3, -0.25) is 4.79 Å². The van der Waals surface area contributed by atoms with Crippen molar-refractivity contribution in [1.82, 2.24) is 0 Å². The zero-order valence-corrected chi connectivity index (χ0v) is 5.09. The number of carbonyl (C=O) groups is 1. The first-order chi connectivity index (χ1) is 4.31. The molecular weight excluding hydrogens is 116 g/mol. The van der Waals surface area contributed by atoms with Crippen molar-refractivity contribution in [3.05, 3.63) is 31.2 Å². The predicted octanol–water partition coefficient (Wildman–Crippen LogP) is 1.40. The number of hydrogen-bond donors (Lipinski definition) is 0. The summed E-state index contributed by atoms with van der Waals surface area (Å²) in [6.07, 6.45) is 2.79. The number of carbonyl (C=O) groups excluding carboxylic acids is 1. The molecule has 0 aliphatic rings. The molecule has 0 fully saturated rings. The van der Waals surface area contributed by atoms with E-state index in [4.69, 9.17) is 0 Å². The quantitative estimate of drug-likeness (QED) is 0.323. The number of esters is 1. The van der Waals surface area contributed by atoms with E-state index in [2.05, 4.69) is 23.6 Å². The first kappa shape index (κ1) is 7.73. The summed E-state index contributed by atoms with van der Waals surface area (Å²) in [6, 6.07) is 0. The molecule has 0 heterocycles. The molecule has 2 nitrogen and oxygen atoms in total. The van der Waals surface area contributed by atoms with E-state index in [1.54, 1.807) is 0 Å². The molecule has 0 spiro atoms. The molecule has 0 N–H and O–H groups in total. The van der Waals surface area contributed by atoms with Gasteiger partial charge < -0.3 is 4.74 Å². The van der Waals surface area contributed by atoms with Crippen LogP contribution in [-0.2, 0) is 9.53 Å². The van der Waals surface area contributed by atoms with E-state index >= 15 is 0 Å². The van der Waals surface area contributed by atoms with Gasteiger partial charge in [0.1, 0.15) is 0 Å². The fraction of sp³-hybridized carbons (Fsp3) is 0.143. The molecule has 0 aromatic carbocycles. The third kappa shape index (κ3) is 4.59. The van der Waals surface area contributed by atoms with Gasteiger partial charge in [-0.15, -0.1) is 5.73 Å². The van der Waals surface area contributed by atoms with E-state index in [1.165, 1.54) is 6.08 Å². The molecule has 0 atom stereocenters. The lowest BCUT2D eigenvalue weighted by atomic mass is 10.4. The molecule has 0 aliphatic heterocycles. The van der Waals surface area contributed by atoms with Crippen LogP contribution < -0.4 is 0 Å². The molecule has 0 saturated carbocycles. The van der Waals surface area contributed by atoms with Gasteiger partial charge >= 0.3 is 5.97 Å². The van der Waals surface area contributed by atoms with Gasteiger partial charge in [0.05, 0.1) is 12.7 Å². The predicted molar refractivity (Wildman–Crippen MR) is 34.6 cm³/mol. The maximum Gasteiger partial charge on any atom is 0.315 e. The highest BCUT2D eigenvalue weighted by atomic mass is 16.5. The normalized spacial score (nSPS) is 7.11. The van der Waals surface area contributed by atoms with Gasteiger partial charge in [0.25, 0.3) is 0 Å². The van der Waals surface area contributed by atoms with Gasteiger partial charge in [-0.2, -0.15) is 0 Å². The third-order valence-electron chi connectivity index (χ3n) is 0.628. The Morgan fingerprint density at radius 3 is 2.89 bits per heavy atom. The number of ether oxygens (including phenoxy) is 1. The molecule has 0 bridgehead atoms. The summed E-state index contributed by atoms with van der Waals surface area (Å²) >= 11 is 0. The van der Waals surface area contributed by atoms with Gasteiger partial charge in [-0.25, -0.2) is 0 Å². The Hall–Kier alpha value is -1.27. The fourth-order valence-corrected chi connectivity index (χ4v) is 0.297. The van der Waals surface area contributed by atoms with Crippen molar-refractivity contribution in [3.8, 4) is 0 Å². The van der Waals surface area contributed by atoms with Crippen molar-refractivity contribution < 1.29 is 9.53 Å². The van der Waals surface area contributed by atoms with Gasteiger partial charge in [-0.1, -0.05) is 13.2 Å². The Morgan fingerprint density at radius 1 is 1.78 bits per heavy atom. The van der Waals surface area contributed by atoms with Gasteiger partial charge in [0.2, 0.25) is 0 Å². The lowest BCUT2D eigenvalue weighted by Gasteiger charge is -1.89. The topological polar surface area (TPSA) is 26.3 Å². The Balaban J connectivity index is 3.50. The van der Waals surface area contributed by atoms with Crippen LogP contribution in [0.4, 0.5) is 0 Å². The summed E-state index contributed by atoms with van der Waals surface area (Å²) in [5.41, 5.74) is 2.45. The van der Waals surface area contributed by atoms with E-state index < -0.39 is 0 Å². The zero-order chi connectivity index (χ0) is 7.11. The smallest absolute Gasteiger partial charge is 0.315 e. The second-order valence-electron chi connectivity index (χ2n) is 1.27. The SMILES string of the molecule is C=C=CCC(=O)OC=C. The maximum absolute atomic E-state index is 10.4. The Kier molecular flexibility index (Phi) is 4.19. The lowest BCUT2D eigenvalue weighted by molar-refractivity contribution is -0.136. The van der Waals surface area contributed by atoms with Crippen LogP contribution >= 0.6 is 0 Å². The van der Waals surface area contributed by atoms with E-state index in [9.17, 15) is 4.79 Å². The molecule has 0 saturated heterocycles. The van der Waals surface area contributed by atoms with E-state index in [-0.39, 0.29) is 12.4 Å². The lowest BCUT2D eigenvalue weighted by Crippen LogP contribution is -1.95. The molecule has 2 heteroatoms. The molecule has 0 unspecified atom stereocenters. The monoisotopic (exact) mass is 124 g/mol. The van der Waals surface area contributed by atoms with Crippen molar-refractivity contribution in [2.75, 3.05) is 0 Å². The molecule has 0 aromatic rings. The van der Waals surface area contributed by atoms with Gasteiger partial charge in [0.15, 0.2) is 0 Å². The van der Waals surface area contributed by atoms with Crippen molar-refractivity contribution in [2.45, 2.75) is 6.42 Å². The zero-order valence-electron chi connectivity index (χ0n) is 5.09. The van der Waals surface area contributed by atoms with Crippen LogP contribution in [0.5, 0.6) is 0 Å². The molecule has 0 radical (unpaired) electrons. The van der Waals surface area contributed by atoms with E-state index in [0.29, 0.717) is 0 Å². The van der Waals surface area contributed by atoms with Crippen LogP contribution in [0.3, 0.4) is 0 Å². The Morgan fingerprint density at radius 2 is 2.44 bits per heavy atom. The van der Waals surface area contributed by atoms with Crippen molar-refractivity contribution >= 4 is 5.97 Å². The van der Waals surface area contributed by atoms with Crippen LogP contribution in [0.25, 0.3) is 0 Å². The Labute approximate surface area is 54.1 Å². The average molecular weight is 124 g/mol. The third-order valence-corrected chi connectivity index (χ3v) is 0.628. The first-order valence-corrected chi connectivity index (χ1v) is 2.46. The van der Waals surface area contributed by atoms with E-state index in [0.717, 1.165) is 6.26 Å². The van der Waals surface area contributed by atoms with Crippen LogP contribution in [-0.4, -0.2) is 5.97 Å². The standard InChI is InChI=1S/C7H8O2/c1-3-5-6-7(8)9-4-2/h4-5H,1-2,6H2. The average Bonchev–Trinajstić information content (AvgIpc) is 1.85. The number of rotatable bonds is 3. The highest BCUT2D eigenvalue weighted by molar-refractivity contribution is 5.71. The minimum atomic E-state index is -0.346. The number of hydrogen-bond acceptors (Lipinski definition) is 2. The van der Waals surface area contributed by atoms with Crippen LogP contribution in [0.1, 0.15) is 6.42 Å². The second kappa shape index (κ2) is 4.88. The summed E-state index contributed by atoms with van der Waals surface area (Å²) in [7, 11) is 0. The summed E-state index contributed by atoms with van der Waals surface area (Å²) in [4.78, 5) is 10.4. The fourth-order valence-electron chi connectivity index (χ4n) is 0.297. The molecular formula is C7H8O2. The minimum Gasteiger partial charge on any atom is -0.435 e. The van der Waals surface area contributed by atoms with E-state index in [1.807, 2.05) is 0 Å². The molecule has 9 heavy (non-hydrogen) atoms. The molecule has 0 aromatic heterocycles. The highest BCUT2D eigenvalue weighted by Gasteiger charge is 1.93. The van der Waals surface area contributed by atoms with Gasteiger partial charge in [0, 0.05) is 0 Å². The highest BCUT2D eigenvalue weighted by Crippen LogP contribution is 1.85. The molecule has 0 rings (SSSR count). The van der Waals surface area contributed by atoms with Crippen LogP contribution in [0, 0.1) is 0 Å². The van der Waals surface area contributed by atoms with Crippen LogP contribution in [0.2, 0.25) is 0 Å².